The van der Waals surface area contributed by atoms with Crippen LogP contribution in [-0.2, 0) is 4.79 Å². The molecule has 3 N–H and O–H groups in total. The maximum atomic E-state index is 13.9. The molecule has 134 valence electrons. The smallest absolute Gasteiger partial charge is 0.238 e. The van der Waals surface area contributed by atoms with Crippen LogP contribution in [0.4, 0.5) is 10.2 Å². The average Bonchev–Trinajstić information content (AvgIpc) is 2.98. The number of aromatic nitrogens is 4. The molecule has 1 unspecified atom stereocenters. The van der Waals surface area contributed by atoms with E-state index in [1.54, 1.807) is 37.3 Å². The van der Waals surface area contributed by atoms with Crippen molar-refractivity contribution in [3.05, 3.63) is 53.4 Å². The van der Waals surface area contributed by atoms with Crippen molar-refractivity contribution in [3.63, 3.8) is 0 Å². The van der Waals surface area contributed by atoms with E-state index in [0.717, 1.165) is 16.4 Å². The quantitative estimate of drug-likeness (QED) is 0.511. The SMILES string of the molecule is CC(Sc1nnc(-c2ccccc2F)n1N)C(=O)Nc1ccc(Cl)cn1. The van der Waals surface area contributed by atoms with Gasteiger partial charge < -0.3 is 11.2 Å². The number of anilines is 1. The number of carbonyl (C=O) groups excluding carboxylic acids is 1. The fraction of sp³-hybridized carbons (Fsp3) is 0.125. The van der Waals surface area contributed by atoms with Crippen LogP contribution in [0.1, 0.15) is 6.92 Å². The molecule has 1 atom stereocenters. The van der Waals surface area contributed by atoms with E-state index < -0.39 is 11.1 Å². The number of hydrogen-bond donors (Lipinski definition) is 2. The summed E-state index contributed by atoms with van der Waals surface area (Å²) in [6.07, 6.45) is 1.44. The minimum absolute atomic E-state index is 0.178. The first-order valence-corrected chi connectivity index (χ1v) is 8.76. The summed E-state index contributed by atoms with van der Waals surface area (Å²) in [5.74, 6) is 5.78. The van der Waals surface area contributed by atoms with Crippen LogP contribution >= 0.6 is 23.4 Å². The zero-order valence-corrected chi connectivity index (χ0v) is 15.1. The first kappa shape index (κ1) is 18.2. The summed E-state index contributed by atoms with van der Waals surface area (Å²) in [7, 11) is 0. The van der Waals surface area contributed by atoms with Crippen LogP contribution in [0.15, 0.2) is 47.8 Å². The van der Waals surface area contributed by atoms with Gasteiger partial charge in [0, 0.05) is 6.20 Å². The Morgan fingerprint density at radius 2 is 2.08 bits per heavy atom. The predicted molar refractivity (Wildman–Crippen MR) is 98.8 cm³/mol. The van der Waals surface area contributed by atoms with Gasteiger partial charge in [0.1, 0.15) is 11.6 Å². The number of nitrogens with one attached hydrogen (secondary N) is 1. The zero-order chi connectivity index (χ0) is 18.7. The lowest BCUT2D eigenvalue weighted by Gasteiger charge is -2.11. The maximum Gasteiger partial charge on any atom is 0.238 e. The third kappa shape index (κ3) is 3.94. The molecule has 0 saturated heterocycles. The van der Waals surface area contributed by atoms with Gasteiger partial charge in [-0.3, -0.25) is 4.79 Å². The molecule has 10 heteroatoms. The Labute approximate surface area is 157 Å². The maximum absolute atomic E-state index is 13.9. The number of thioether (sulfide) groups is 1. The molecule has 0 aliphatic carbocycles. The molecule has 2 aromatic heterocycles. The lowest BCUT2D eigenvalue weighted by atomic mass is 10.2. The van der Waals surface area contributed by atoms with Crippen molar-refractivity contribution >= 4 is 35.1 Å². The molecular weight excluding hydrogens is 379 g/mol. The summed E-state index contributed by atoms with van der Waals surface area (Å²) < 4.78 is 15.1. The van der Waals surface area contributed by atoms with E-state index in [1.165, 1.54) is 12.3 Å². The van der Waals surface area contributed by atoms with Crippen molar-refractivity contribution in [1.82, 2.24) is 19.9 Å². The number of amides is 1. The number of hydrogen-bond acceptors (Lipinski definition) is 6. The molecule has 0 spiro atoms. The second kappa shape index (κ2) is 7.71. The lowest BCUT2D eigenvalue weighted by Crippen LogP contribution is -2.24. The van der Waals surface area contributed by atoms with Gasteiger partial charge in [-0.1, -0.05) is 35.5 Å². The minimum atomic E-state index is -0.535. The summed E-state index contributed by atoms with van der Waals surface area (Å²) >= 11 is 6.86. The highest BCUT2D eigenvalue weighted by Crippen LogP contribution is 2.26. The van der Waals surface area contributed by atoms with Gasteiger partial charge in [0.2, 0.25) is 11.1 Å². The molecule has 0 bridgehead atoms. The molecule has 26 heavy (non-hydrogen) atoms. The lowest BCUT2D eigenvalue weighted by molar-refractivity contribution is -0.115. The van der Waals surface area contributed by atoms with E-state index in [0.29, 0.717) is 10.8 Å². The van der Waals surface area contributed by atoms with Crippen LogP contribution in [0.3, 0.4) is 0 Å². The molecule has 2 heterocycles. The van der Waals surface area contributed by atoms with Crippen LogP contribution in [-0.4, -0.2) is 31.0 Å². The second-order valence-electron chi connectivity index (χ2n) is 5.27. The fourth-order valence-electron chi connectivity index (χ4n) is 2.07. The van der Waals surface area contributed by atoms with Gasteiger partial charge in [0.15, 0.2) is 5.82 Å². The minimum Gasteiger partial charge on any atom is -0.335 e. The van der Waals surface area contributed by atoms with Crippen LogP contribution in [0.25, 0.3) is 11.4 Å². The first-order chi connectivity index (χ1) is 12.5. The molecule has 3 rings (SSSR count). The predicted octanol–water partition coefficient (Wildman–Crippen LogP) is 2.97. The van der Waals surface area contributed by atoms with E-state index in [4.69, 9.17) is 17.4 Å². The van der Waals surface area contributed by atoms with E-state index in [2.05, 4.69) is 20.5 Å². The molecule has 0 aliphatic rings. The Hall–Kier alpha value is -2.65. The van der Waals surface area contributed by atoms with Crippen LogP contribution in [0, 0.1) is 5.82 Å². The van der Waals surface area contributed by atoms with Crippen LogP contribution < -0.4 is 11.2 Å². The second-order valence-corrected chi connectivity index (χ2v) is 7.01. The fourth-order valence-corrected chi connectivity index (χ4v) is 2.95. The van der Waals surface area contributed by atoms with Crippen LogP contribution in [0.5, 0.6) is 0 Å². The van der Waals surface area contributed by atoms with E-state index in [1.807, 2.05) is 0 Å². The van der Waals surface area contributed by atoms with Crippen molar-refractivity contribution in [3.8, 4) is 11.4 Å². The number of pyridine rings is 1. The molecule has 1 aromatic carbocycles. The molecule has 7 nitrogen and oxygen atoms in total. The topological polar surface area (TPSA) is 98.7 Å². The van der Waals surface area contributed by atoms with Crippen molar-refractivity contribution in [1.29, 1.82) is 0 Å². The Morgan fingerprint density at radius 3 is 2.77 bits per heavy atom. The van der Waals surface area contributed by atoms with Crippen molar-refractivity contribution < 1.29 is 9.18 Å². The van der Waals surface area contributed by atoms with Crippen molar-refractivity contribution in [2.24, 2.45) is 0 Å². The highest BCUT2D eigenvalue weighted by molar-refractivity contribution is 8.00. The Bertz CT molecular complexity index is 933. The zero-order valence-electron chi connectivity index (χ0n) is 13.6. The molecule has 1 amide bonds. The molecule has 0 fully saturated rings. The van der Waals surface area contributed by atoms with Gasteiger partial charge in [-0.05, 0) is 31.2 Å². The van der Waals surface area contributed by atoms with Gasteiger partial charge in [-0.15, -0.1) is 10.2 Å². The number of carbonyl (C=O) groups is 1. The standard InChI is InChI=1S/C16H14ClFN6OS/c1-9(15(25)21-13-7-6-10(17)8-20-13)26-16-23-22-14(24(16)19)11-4-2-3-5-12(11)18/h2-9H,19H2,1H3,(H,20,21,25). The number of benzene rings is 1. The van der Waals surface area contributed by atoms with Gasteiger partial charge >= 0.3 is 0 Å². The first-order valence-electron chi connectivity index (χ1n) is 7.50. The number of halogens is 2. The van der Waals surface area contributed by atoms with Crippen molar-refractivity contribution in [2.45, 2.75) is 17.3 Å². The number of nitrogens with zero attached hydrogens (tertiary/aromatic N) is 4. The largest absolute Gasteiger partial charge is 0.335 e. The average molecular weight is 393 g/mol. The Morgan fingerprint density at radius 1 is 1.31 bits per heavy atom. The summed E-state index contributed by atoms with van der Waals surface area (Å²) in [4.78, 5) is 16.3. The highest BCUT2D eigenvalue weighted by Gasteiger charge is 2.21. The van der Waals surface area contributed by atoms with Gasteiger partial charge in [-0.25, -0.2) is 14.1 Å². The number of rotatable bonds is 5. The highest BCUT2D eigenvalue weighted by atomic mass is 35.5. The molecule has 0 aliphatic heterocycles. The molecular formula is C16H14ClFN6OS. The molecule has 0 saturated carbocycles. The van der Waals surface area contributed by atoms with E-state index in [9.17, 15) is 9.18 Å². The van der Waals surface area contributed by atoms with Crippen LogP contribution in [0.2, 0.25) is 5.02 Å². The summed E-state index contributed by atoms with van der Waals surface area (Å²) in [5, 5.41) is 10.8. The van der Waals surface area contributed by atoms with Gasteiger partial charge in [-0.2, -0.15) is 0 Å². The summed E-state index contributed by atoms with van der Waals surface area (Å²) in [6.45, 7) is 1.69. The number of nitrogen functional groups attached to an aromatic ring is 1. The Balaban J connectivity index is 1.71. The summed E-state index contributed by atoms with van der Waals surface area (Å²) in [6, 6.07) is 9.34. The number of nitrogens with two attached hydrogens (primary N) is 1. The third-order valence-corrected chi connectivity index (χ3v) is 4.69. The van der Waals surface area contributed by atoms with Gasteiger partial charge in [0.05, 0.1) is 15.8 Å². The van der Waals surface area contributed by atoms with Gasteiger partial charge in [0.25, 0.3) is 0 Å². The van der Waals surface area contributed by atoms with Crippen molar-refractivity contribution in [2.75, 3.05) is 11.2 Å². The normalized spacial score (nSPS) is 12.0. The molecule has 0 radical (unpaired) electrons. The van der Waals surface area contributed by atoms with E-state index >= 15 is 0 Å². The Kier molecular flexibility index (Phi) is 5.38. The third-order valence-electron chi connectivity index (χ3n) is 3.41. The monoisotopic (exact) mass is 392 g/mol. The summed E-state index contributed by atoms with van der Waals surface area (Å²) in [5.41, 5.74) is 0.233. The van der Waals surface area contributed by atoms with E-state index in [-0.39, 0.29) is 22.5 Å². The molecule has 3 aromatic rings.